The van der Waals surface area contributed by atoms with Gasteiger partial charge in [0, 0.05) is 6.20 Å². The van der Waals surface area contributed by atoms with Crippen molar-refractivity contribution in [1.29, 1.82) is 0 Å². The van der Waals surface area contributed by atoms with Gasteiger partial charge in [0.05, 0.1) is 0 Å². The van der Waals surface area contributed by atoms with Crippen molar-refractivity contribution in [2.24, 2.45) is 0 Å². The van der Waals surface area contributed by atoms with Crippen molar-refractivity contribution >= 4 is 6.09 Å². The number of hydrogen-bond acceptors (Lipinski definition) is 2. The third kappa shape index (κ3) is 1.96. The fourth-order valence-corrected chi connectivity index (χ4v) is 2.33. The molecule has 20 heavy (non-hydrogen) atoms. The summed E-state index contributed by atoms with van der Waals surface area (Å²) in [6, 6.07) is 19.1. The number of carboxylic acid groups (broad SMARTS) is 1. The molecule has 0 aliphatic carbocycles. The molecule has 4 heteroatoms. The van der Waals surface area contributed by atoms with Crippen molar-refractivity contribution in [3.63, 3.8) is 0 Å². The lowest BCUT2D eigenvalue weighted by atomic mass is 9.86. The van der Waals surface area contributed by atoms with Crippen molar-refractivity contribution in [2.45, 2.75) is 5.60 Å². The van der Waals surface area contributed by atoms with Gasteiger partial charge in [-0.25, -0.2) is 9.63 Å². The molecular formula is C16H13NO3. The maximum Gasteiger partial charge on any atom is 0.435 e. The molecule has 2 aromatic rings. The summed E-state index contributed by atoms with van der Waals surface area (Å²) in [5.74, 6) is 0. The normalized spacial score (nSPS) is 16.3. The van der Waals surface area contributed by atoms with Crippen molar-refractivity contribution in [1.82, 2.24) is 5.06 Å². The molecule has 4 nitrogen and oxygen atoms in total. The number of hydroxylamine groups is 2. The monoisotopic (exact) mass is 267 g/mol. The van der Waals surface area contributed by atoms with Crippen LogP contribution >= 0.6 is 0 Å². The Kier molecular flexibility index (Phi) is 3.00. The molecule has 0 spiro atoms. The van der Waals surface area contributed by atoms with Crippen LogP contribution in [0.1, 0.15) is 11.1 Å². The van der Waals surface area contributed by atoms with Crippen LogP contribution in [-0.2, 0) is 10.4 Å². The summed E-state index contributed by atoms with van der Waals surface area (Å²) in [5, 5.41) is 9.92. The Morgan fingerprint density at radius 3 is 1.85 bits per heavy atom. The lowest BCUT2D eigenvalue weighted by Gasteiger charge is -2.28. The minimum absolute atomic E-state index is 0.833. The van der Waals surface area contributed by atoms with E-state index >= 15 is 0 Å². The number of carbonyl (C=O) groups is 1. The molecule has 0 aromatic heterocycles. The highest BCUT2D eigenvalue weighted by molar-refractivity contribution is 5.66. The highest BCUT2D eigenvalue weighted by atomic mass is 16.7. The smallest absolute Gasteiger partial charge is 0.435 e. The molecule has 0 radical (unpaired) electrons. The zero-order chi connectivity index (χ0) is 14.0. The molecule has 1 N–H and O–H groups in total. The molecule has 0 bridgehead atoms. The number of benzene rings is 2. The molecule has 1 heterocycles. The number of rotatable bonds is 2. The zero-order valence-corrected chi connectivity index (χ0v) is 10.6. The van der Waals surface area contributed by atoms with Gasteiger partial charge in [-0.3, -0.25) is 0 Å². The van der Waals surface area contributed by atoms with Crippen molar-refractivity contribution < 1.29 is 14.7 Å². The Balaban J connectivity index is 2.11. The first-order chi connectivity index (χ1) is 9.72. The standard InChI is InChI=1S/C16H13NO3/c18-15(19)17-12-11-16(20-17,13-7-3-1-4-8-13)14-9-5-2-6-10-14/h1-12H,(H,18,19). The Hall–Kier alpha value is -2.59. The maximum atomic E-state index is 11.1. The van der Waals surface area contributed by atoms with E-state index in [9.17, 15) is 4.79 Å². The van der Waals surface area contributed by atoms with Gasteiger partial charge in [0.15, 0.2) is 5.60 Å². The van der Waals surface area contributed by atoms with E-state index in [1.54, 1.807) is 6.08 Å². The van der Waals surface area contributed by atoms with Gasteiger partial charge in [0.1, 0.15) is 0 Å². The number of nitrogens with zero attached hydrogens (tertiary/aromatic N) is 1. The Morgan fingerprint density at radius 1 is 0.950 bits per heavy atom. The van der Waals surface area contributed by atoms with Crippen LogP contribution in [-0.4, -0.2) is 16.3 Å². The van der Waals surface area contributed by atoms with Gasteiger partial charge in [-0.15, -0.1) is 0 Å². The predicted molar refractivity (Wildman–Crippen MR) is 73.8 cm³/mol. The maximum absolute atomic E-state index is 11.1. The summed E-state index contributed by atoms with van der Waals surface area (Å²) < 4.78 is 0. The Bertz CT molecular complexity index is 598. The van der Waals surface area contributed by atoms with E-state index in [1.807, 2.05) is 60.7 Å². The molecule has 0 fully saturated rings. The van der Waals surface area contributed by atoms with E-state index in [4.69, 9.17) is 9.94 Å². The SMILES string of the molecule is O=C(O)N1C=CC(c2ccccc2)(c2ccccc2)O1. The van der Waals surface area contributed by atoms with Crippen LogP contribution in [0.5, 0.6) is 0 Å². The van der Waals surface area contributed by atoms with Crippen LogP contribution in [0.3, 0.4) is 0 Å². The third-order valence-electron chi connectivity index (χ3n) is 3.28. The average Bonchev–Trinajstić information content (AvgIpc) is 2.96. The lowest BCUT2D eigenvalue weighted by molar-refractivity contribution is -0.144. The van der Waals surface area contributed by atoms with E-state index < -0.39 is 11.7 Å². The van der Waals surface area contributed by atoms with Gasteiger partial charge in [0.2, 0.25) is 0 Å². The first-order valence-electron chi connectivity index (χ1n) is 6.24. The van der Waals surface area contributed by atoms with Crippen LogP contribution in [0.15, 0.2) is 72.9 Å². The second-order valence-electron chi connectivity index (χ2n) is 4.48. The molecule has 0 atom stereocenters. The third-order valence-corrected chi connectivity index (χ3v) is 3.28. The topological polar surface area (TPSA) is 49.8 Å². The Labute approximate surface area is 116 Å². The molecule has 1 amide bonds. The molecule has 0 saturated carbocycles. The first kappa shape index (κ1) is 12.4. The summed E-state index contributed by atoms with van der Waals surface area (Å²) in [5.41, 5.74) is 0.860. The highest BCUT2D eigenvalue weighted by Gasteiger charge is 2.40. The van der Waals surface area contributed by atoms with Crippen molar-refractivity contribution in [3.8, 4) is 0 Å². The summed E-state index contributed by atoms with van der Waals surface area (Å²) in [6.45, 7) is 0. The van der Waals surface area contributed by atoms with Crippen LogP contribution in [0.2, 0.25) is 0 Å². The van der Waals surface area contributed by atoms with E-state index in [0.717, 1.165) is 16.2 Å². The van der Waals surface area contributed by atoms with Crippen LogP contribution in [0.25, 0.3) is 0 Å². The fraction of sp³-hybridized carbons (Fsp3) is 0.0625. The van der Waals surface area contributed by atoms with Crippen molar-refractivity contribution in [2.75, 3.05) is 0 Å². The second-order valence-corrected chi connectivity index (χ2v) is 4.48. The summed E-state index contributed by atoms with van der Waals surface area (Å²) in [6.07, 6.45) is 2.05. The fourth-order valence-electron chi connectivity index (χ4n) is 2.33. The van der Waals surface area contributed by atoms with Gasteiger partial charge in [0.25, 0.3) is 0 Å². The summed E-state index contributed by atoms with van der Waals surface area (Å²) in [7, 11) is 0. The van der Waals surface area contributed by atoms with E-state index in [0.29, 0.717) is 0 Å². The quantitative estimate of drug-likeness (QED) is 0.907. The molecule has 100 valence electrons. The Morgan fingerprint density at radius 2 is 1.45 bits per heavy atom. The molecule has 0 unspecified atom stereocenters. The molecular weight excluding hydrogens is 254 g/mol. The van der Waals surface area contributed by atoms with Crippen LogP contribution < -0.4 is 0 Å². The second kappa shape index (κ2) is 4.83. The lowest BCUT2D eigenvalue weighted by Crippen LogP contribution is -2.32. The van der Waals surface area contributed by atoms with Gasteiger partial charge in [-0.2, -0.15) is 5.06 Å². The largest absolute Gasteiger partial charge is 0.463 e. The highest BCUT2D eigenvalue weighted by Crippen LogP contribution is 2.39. The summed E-state index contributed by atoms with van der Waals surface area (Å²) >= 11 is 0. The van der Waals surface area contributed by atoms with Crippen molar-refractivity contribution in [3.05, 3.63) is 84.1 Å². The molecule has 1 aliphatic heterocycles. The minimum Gasteiger partial charge on any atom is -0.463 e. The van der Waals surface area contributed by atoms with Gasteiger partial charge in [-0.1, -0.05) is 60.7 Å². The average molecular weight is 267 g/mol. The molecule has 0 saturated heterocycles. The van der Waals surface area contributed by atoms with Gasteiger partial charge in [-0.05, 0) is 17.2 Å². The van der Waals surface area contributed by atoms with Gasteiger partial charge < -0.3 is 5.11 Å². The predicted octanol–water partition coefficient (Wildman–Crippen LogP) is 3.37. The van der Waals surface area contributed by atoms with Crippen LogP contribution in [0, 0.1) is 0 Å². The van der Waals surface area contributed by atoms with E-state index in [2.05, 4.69) is 0 Å². The molecule has 1 aliphatic rings. The van der Waals surface area contributed by atoms with E-state index in [1.165, 1.54) is 6.20 Å². The molecule has 3 rings (SSSR count). The first-order valence-corrected chi connectivity index (χ1v) is 6.24. The minimum atomic E-state index is -1.14. The molecule has 2 aromatic carbocycles. The zero-order valence-electron chi connectivity index (χ0n) is 10.6. The number of amides is 1. The number of hydrogen-bond donors (Lipinski definition) is 1. The summed E-state index contributed by atoms with van der Waals surface area (Å²) in [4.78, 5) is 16.8. The van der Waals surface area contributed by atoms with E-state index in [-0.39, 0.29) is 0 Å². The van der Waals surface area contributed by atoms with Crippen LogP contribution in [0.4, 0.5) is 4.79 Å². The van der Waals surface area contributed by atoms with Gasteiger partial charge >= 0.3 is 6.09 Å².